The molecule has 3 unspecified atom stereocenters. The number of allylic oxidation sites excluding steroid dienone is 3. The van der Waals surface area contributed by atoms with Crippen LogP contribution in [0, 0.1) is 41.9 Å². The van der Waals surface area contributed by atoms with Crippen LogP contribution in [0.4, 0.5) is 0 Å². The molecule has 6 aromatic carbocycles. The molecule has 0 aliphatic heterocycles. The SMILES string of the molecule is CC(C)C(O)=CC(O)C(C)C.CC(C)Cc1ccc2c(-c3[c-]c(C(C)C)cc(C(C)C)c3)ncc(CC(C)C)c2c1.CC(C)c1[c-]c(-c2ncc(C(C)C)c3cc(C(C)C)ccc23)cc(C(C)C)c1.CC(O)=CC(C)O.CC(O)=CC(C)O.CCc1[c-]c(-c2nccc3c(C(C)C)cc(C(C)C)cc23)cc(CC)c1.[Ir].[Ir].[Ir]. The molecule has 0 bridgehead atoms. The van der Waals surface area contributed by atoms with Crippen LogP contribution < -0.4 is 0 Å². The van der Waals surface area contributed by atoms with Gasteiger partial charge in [-0.25, -0.2) is 0 Å². The minimum atomic E-state index is -0.537. The molecule has 0 fully saturated rings. The van der Waals surface area contributed by atoms with Crippen molar-refractivity contribution in [3.63, 3.8) is 0 Å². The summed E-state index contributed by atoms with van der Waals surface area (Å²) in [5.74, 6) is 5.95. The summed E-state index contributed by atoms with van der Waals surface area (Å²) in [6.45, 7) is 63.5. The summed E-state index contributed by atoms with van der Waals surface area (Å²) < 4.78 is 0. The molecule has 3 radical (unpaired) electrons. The number of hydrogen-bond acceptors (Lipinski definition) is 9. The summed E-state index contributed by atoms with van der Waals surface area (Å²) in [5.41, 5.74) is 22.7. The molecule has 3 atom stereocenters. The van der Waals surface area contributed by atoms with Gasteiger partial charge < -0.3 is 45.6 Å². The van der Waals surface area contributed by atoms with Gasteiger partial charge in [-0.1, -0.05) is 229 Å². The normalized spacial score (nSPS) is 12.7. The van der Waals surface area contributed by atoms with Crippen molar-refractivity contribution in [1.29, 1.82) is 0 Å². The minimum Gasteiger partial charge on any atom is -0.513 e. The van der Waals surface area contributed by atoms with E-state index >= 15 is 0 Å². The maximum atomic E-state index is 9.31. The Bertz CT molecular complexity index is 4330. The summed E-state index contributed by atoms with van der Waals surface area (Å²) >= 11 is 0. The Labute approximate surface area is 719 Å². The molecule has 112 heavy (non-hydrogen) atoms. The zero-order chi connectivity index (χ0) is 82.2. The van der Waals surface area contributed by atoms with E-state index < -0.39 is 18.3 Å². The number of pyridine rings is 3. The van der Waals surface area contributed by atoms with Crippen molar-refractivity contribution in [3.05, 3.63) is 230 Å². The third-order valence-corrected chi connectivity index (χ3v) is 19.3. The predicted octanol–water partition coefficient (Wildman–Crippen LogP) is 27.4. The quantitative estimate of drug-likeness (QED) is 0.0287. The Hall–Kier alpha value is -6.00. The number of benzene rings is 6. The largest absolute Gasteiger partial charge is 0.513 e. The van der Waals surface area contributed by atoms with Crippen molar-refractivity contribution in [3.8, 4) is 33.8 Å². The fourth-order valence-corrected chi connectivity index (χ4v) is 12.7. The second kappa shape index (κ2) is 49.8. The van der Waals surface area contributed by atoms with E-state index in [9.17, 15) is 10.2 Å². The van der Waals surface area contributed by atoms with Gasteiger partial charge in [-0.15, -0.1) is 105 Å². The van der Waals surface area contributed by atoms with E-state index in [1.165, 1.54) is 131 Å². The molecule has 0 saturated heterocycles. The summed E-state index contributed by atoms with van der Waals surface area (Å²) in [5, 5.41) is 60.1. The molecular weight excluding hydrogens is 1920 g/mol. The average molecular weight is 2060 g/mol. The van der Waals surface area contributed by atoms with Gasteiger partial charge in [0.15, 0.2) is 0 Å². The Balaban J connectivity index is 0.000000720. The van der Waals surface area contributed by atoms with Crippen LogP contribution in [-0.2, 0) is 86.0 Å². The van der Waals surface area contributed by atoms with Crippen molar-refractivity contribution in [2.24, 2.45) is 23.7 Å². The van der Waals surface area contributed by atoms with E-state index in [0.29, 0.717) is 59.2 Å². The first-order chi connectivity index (χ1) is 51.0. The molecule has 6 N–H and O–H groups in total. The van der Waals surface area contributed by atoms with Crippen molar-refractivity contribution < 1.29 is 91.0 Å². The van der Waals surface area contributed by atoms with Gasteiger partial charge in [0.05, 0.1) is 35.6 Å². The number of nitrogens with zero attached hydrogens (tertiary/aromatic N) is 3. The summed E-state index contributed by atoms with van der Waals surface area (Å²) in [6, 6.07) is 45.5. The van der Waals surface area contributed by atoms with Crippen molar-refractivity contribution >= 4 is 32.3 Å². The summed E-state index contributed by atoms with van der Waals surface area (Å²) in [6.07, 6.45) is 13.0. The van der Waals surface area contributed by atoms with Gasteiger partial charge >= 0.3 is 0 Å². The third kappa shape index (κ3) is 32.6. The van der Waals surface area contributed by atoms with E-state index in [2.05, 4.69) is 274 Å². The van der Waals surface area contributed by atoms with E-state index in [-0.39, 0.29) is 89.4 Å². The van der Waals surface area contributed by atoms with Crippen LogP contribution in [0.5, 0.6) is 0 Å². The first-order valence-corrected chi connectivity index (χ1v) is 40.6. The van der Waals surface area contributed by atoms with Crippen LogP contribution >= 0.6 is 0 Å². The standard InChI is InChI=1S/C29H38N.C27H34N.C25H30N.C9H18O2.2C5H10O2.3Ir/c1-18(2)11-22-9-10-27-28(13-22)26(12-19(3)4)17-30-29(27)25-15-23(20(5)6)14-24(16-25)21(7)8;1-16(2)20-9-10-24-25(14-20)26(19(7)8)15-28-27(24)23-12-21(17(3)4)11-22(13-23)18(5)6;1-7-18-11-19(8-2)13-21(12-18)25-24-15-20(16(3)4)14-23(17(5)6)22(24)9-10-26-25;1-6(2)8(10)5-9(11)7(3)4;2*1-4(6)3-5(2)7;;;/h9-10,13-15,17-21H,11-12H2,1-8H3;9-12,14-19H,1-8H3;9-12,14-17H,7-8H2,1-6H3;5-8,10-11H,1-4H3;2*3-4,6-7H,1-2H3;;;/q3*-1;;;;;;. The Morgan fingerprint density at radius 1 is 0.375 bits per heavy atom. The van der Waals surface area contributed by atoms with E-state index in [1.807, 2.05) is 33.9 Å². The number of aromatic nitrogens is 3. The molecule has 0 spiro atoms. The molecule has 3 heterocycles. The van der Waals surface area contributed by atoms with Gasteiger partial charge in [0.2, 0.25) is 0 Å². The fraction of sp³-hybridized carbons (Fsp3) is 0.490. The molecular formula is C100H140Ir3N3O6-3. The molecule has 12 heteroatoms. The molecule has 0 saturated carbocycles. The maximum Gasteiger partial charge on any atom is 0.0933 e. The topological polar surface area (TPSA) is 160 Å². The molecule has 9 rings (SSSR count). The van der Waals surface area contributed by atoms with Gasteiger partial charge in [-0.2, -0.15) is 0 Å². The van der Waals surface area contributed by atoms with Crippen LogP contribution in [0.15, 0.2) is 145 Å². The first-order valence-electron chi connectivity index (χ1n) is 40.6. The smallest absolute Gasteiger partial charge is 0.0933 e. The number of aliphatic hydroxyl groups is 6. The summed E-state index contributed by atoms with van der Waals surface area (Å²) in [7, 11) is 0. The Morgan fingerprint density at radius 2 is 0.821 bits per heavy atom. The zero-order valence-electron chi connectivity index (χ0n) is 73.6. The van der Waals surface area contributed by atoms with Crippen LogP contribution in [0.3, 0.4) is 0 Å². The van der Waals surface area contributed by atoms with Gasteiger partial charge in [0, 0.05) is 84.8 Å². The minimum absolute atomic E-state index is 0. The third-order valence-electron chi connectivity index (χ3n) is 19.3. The van der Waals surface area contributed by atoms with Crippen LogP contribution in [-0.4, -0.2) is 63.9 Å². The summed E-state index contributed by atoms with van der Waals surface area (Å²) in [4.78, 5) is 14.7. The van der Waals surface area contributed by atoms with Crippen molar-refractivity contribution in [2.45, 2.75) is 299 Å². The second-order valence-electron chi connectivity index (χ2n) is 34.0. The fourth-order valence-electron chi connectivity index (χ4n) is 12.7. The molecule has 9 nitrogen and oxygen atoms in total. The van der Waals surface area contributed by atoms with Crippen molar-refractivity contribution in [2.75, 3.05) is 0 Å². The van der Waals surface area contributed by atoms with Crippen LogP contribution in [0.25, 0.3) is 66.1 Å². The maximum absolute atomic E-state index is 9.31. The van der Waals surface area contributed by atoms with Crippen LogP contribution in [0.2, 0.25) is 0 Å². The Morgan fingerprint density at radius 3 is 1.23 bits per heavy atom. The molecule has 0 amide bonds. The number of rotatable bonds is 22. The van der Waals surface area contributed by atoms with E-state index in [1.54, 1.807) is 13.8 Å². The van der Waals surface area contributed by atoms with Gasteiger partial charge in [-0.3, -0.25) is 0 Å². The van der Waals surface area contributed by atoms with Gasteiger partial charge in [0.25, 0.3) is 0 Å². The number of aliphatic hydroxyl groups excluding tert-OH is 6. The number of hydrogen-bond donors (Lipinski definition) is 6. The molecule has 621 valence electrons. The molecule has 0 aliphatic carbocycles. The molecule has 9 aromatic rings. The van der Waals surface area contributed by atoms with E-state index in [4.69, 9.17) is 35.4 Å². The van der Waals surface area contributed by atoms with Gasteiger partial charge in [0.1, 0.15) is 0 Å². The molecule has 3 aromatic heterocycles. The Kier molecular flexibility index (Phi) is 46.3. The second-order valence-corrected chi connectivity index (χ2v) is 34.0. The monoisotopic (exact) mass is 2060 g/mol. The van der Waals surface area contributed by atoms with Gasteiger partial charge in [-0.05, 0) is 226 Å². The zero-order valence-corrected chi connectivity index (χ0v) is 80.8. The molecule has 0 aliphatic rings. The predicted molar refractivity (Wildman–Crippen MR) is 469 cm³/mol. The number of fused-ring (bicyclic) bond motifs is 3. The van der Waals surface area contributed by atoms with Crippen LogP contribution in [0.1, 0.15) is 322 Å². The average Bonchev–Trinajstić information content (AvgIpc) is 0.781. The van der Waals surface area contributed by atoms with E-state index in [0.717, 1.165) is 59.5 Å². The first kappa shape index (κ1) is 104. The van der Waals surface area contributed by atoms with Crippen molar-refractivity contribution in [1.82, 2.24) is 15.0 Å². The number of aryl methyl sites for hydroxylation is 2.